The van der Waals surface area contributed by atoms with E-state index in [0.717, 1.165) is 51.4 Å². The topological polar surface area (TPSA) is 95.9 Å². The highest BCUT2D eigenvalue weighted by Gasteiger charge is 2.20. The van der Waals surface area contributed by atoms with Crippen LogP contribution in [0.3, 0.4) is 0 Å². The van der Waals surface area contributed by atoms with Gasteiger partial charge in [0.2, 0.25) is 5.91 Å². The molecule has 6 heteroatoms. The van der Waals surface area contributed by atoms with Gasteiger partial charge in [0.05, 0.1) is 25.4 Å². The number of carbonyl (C=O) groups is 2. The van der Waals surface area contributed by atoms with Crippen LogP contribution >= 0.6 is 0 Å². The van der Waals surface area contributed by atoms with Crippen molar-refractivity contribution in [3.05, 3.63) is 36.5 Å². The Hall–Kier alpha value is -1.92. The Morgan fingerprint density at radius 2 is 0.662 bits per heavy atom. The van der Waals surface area contributed by atoms with Gasteiger partial charge < -0.3 is 20.3 Å². The molecular weight excluding hydrogens is 947 g/mol. The lowest BCUT2D eigenvalue weighted by Crippen LogP contribution is -2.45. The van der Waals surface area contributed by atoms with Crippen LogP contribution in [0.5, 0.6) is 0 Å². The number of rotatable bonds is 65. The van der Waals surface area contributed by atoms with Crippen LogP contribution in [-0.4, -0.2) is 47.4 Å². The van der Waals surface area contributed by atoms with Gasteiger partial charge >= 0.3 is 5.97 Å². The predicted octanol–water partition coefficient (Wildman–Crippen LogP) is 22.3. The van der Waals surface area contributed by atoms with Gasteiger partial charge in [-0.05, 0) is 77.0 Å². The maximum absolute atomic E-state index is 12.5. The molecule has 454 valence electrons. The summed E-state index contributed by atoms with van der Waals surface area (Å²) in [6.07, 6.45) is 84.9. The van der Waals surface area contributed by atoms with Crippen LogP contribution in [-0.2, 0) is 14.3 Å². The molecule has 0 saturated heterocycles. The number of aliphatic hydroxyl groups is 2. The Balaban J connectivity index is 3.32. The van der Waals surface area contributed by atoms with Crippen molar-refractivity contribution in [1.29, 1.82) is 0 Å². The minimum absolute atomic E-state index is 0.00564. The fourth-order valence-corrected chi connectivity index (χ4v) is 10.8. The average molecular weight is 1080 g/mol. The van der Waals surface area contributed by atoms with Gasteiger partial charge in [0.25, 0.3) is 0 Å². The first kappa shape index (κ1) is 75.1. The lowest BCUT2D eigenvalue weighted by atomic mass is 10.0. The lowest BCUT2D eigenvalue weighted by molar-refractivity contribution is -0.143. The Morgan fingerprint density at radius 1 is 0.364 bits per heavy atom. The summed E-state index contributed by atoms with van der Waals surface area (Å²) in [4.78, 5) is 24.5. The minimum Gasteiger partial charge on any atom is -0.466 e. The Morgan fingerprint density at radius 3 is 1.04 bits per heavy atom. The number of allylic oxidation sites excluding steroid dienone is 6. The van der Waals surface area contributed by atoms with Crippen LogP contribution in [0.2, 0.25) is 0 Å². The molecule has 2 unspecified atom stereocenters. The molecule has 0 aliphatic heterocycles. The van der Waals surface area contributed by atoms with E-state index in [9.17, 15) is 19.8 Å². The van der Waals surface area contributed by atoms with Crippen LogP contribution in [0.25, 0.3) is 0 Å². The van der Waals surface area contributed by atoms with Crippen molar-refractivity contribution < 1.29 is 24.5 Å². The zero-order valence-electron chi connectivity index (χ0n) is 52.0. The molecule has 0 aromatic carbocycles. The average Bonchev–Trinajstić information content (AvgIpc) is 3.43. The third-order valence-corrected chi connectivity index (χ3v) is 16.2. The van der Waals surface area contributed by atoms with Gasteiger partial charge in [0, 0.05) is 12.8 Å². The molecule has 1 amide bonds. The third kappa shape index (κ3) is 63.1. The summed E-state index contributed by atoms with van der Waals surface area (Å²) < 4.78 is 5.48. The van der Waals surface area contributed by atoms with E-state index in [1.807, 2.05) is 0 Å². The normalized spacial score (nSPS) is 12.7. The van der Waals surface area contributed by atoms with Crippen molar-refractivity contribution in [1.82, 2.24) is 5.32 Å². The van der Waals surface area contributed by atoms with Crippen molar-refractivity contribution in [2.45, 2.75) is 392 Å². The number of carbonyl (C=O) groups excluding carboxylic acids is 2. The van der Waals surface area contributed by atoms with E-state index in [1.165, 1.54) is 295 Å². The van der Waals surface area contributed by atoms with E-state index >= 15 is 0 Å². The fourth-order valence-electron chi connectivity index (χ4n) is 10.8. The SMILES string of the molecule is CCCC/C=C\C/C=C\CCCCCCCC(=O)OCCCCCCCCCCCCCCCC/C=C\CCCCCCCCCCCCCCCCCCCC(=O)NC(CO)C(O)CCCCCCCCCCCCC. The molecule has 0 aliphatic rings. The summed E-state index contributed by atoms with van der Waals surface area (Å²) in [5.41, 5.74) is 0. The van der Waals surface area contributed by atoms with E-state index in [0.29, 0.717) is 25.9 Å². The van der Waals surface area contributed by atoms with Gasteiger partial charge in [-0.2, -0.15) is 0 Å². The van der Waals surface area contributed by atoms with Gasteiger partial charge in [0.15, 0.2) is 0 Å². The number of nitrogens with one attached hydrogen (secondary N) is 1. The van der Waals surface area contributed by atoms with Gasteiger partial charge in [-0.25, -0.2) is 0 Å². The van der Waals surface area contributed by atoms with Crippen molar-refractivity contribution in [2.24, 2.45) is 0 Å². The summed E-state index contributed by atoms with van der Waals surface area (Å²) in [6, 6.07) is -0.537. The number of ether oxygens (including phenoxy) is 1. The summed E-state index contributed by atoms with van der Waals surface area (Å²) in [6.45, 7) is 4.92. The van der Waals surface area contributed by atoms with Crippen LogP contribution in [0.1, 0.15) is 380 Å². The molecule has 0 saturated carbocycles. The number of aliphatic hydroxyl groups excluding tert-OH is 2. The van der Waals surface area contributed by atoms with E-state index in [2.05, 4.69) is 55.6 Å². The minimum atomic E-state index is -0.660. The van der Waals surface area contributed by atoms with E-state index < -0.39 is 12.1 Å². The van der Waals surface area contributed by atoms with Gasteiger partial charge in [-0.3, -0.25) is 9.59 Å². The van der Waals surface area contributed by atoms with E-state index in [1.54, 1.807) is 0 Å². The number of hydrogen-bond acceptors (Lipinski definition) is 5. The Labute approximate surface area is 481 Å². The first-order valence-electron chi connectivity index (χ1n) is 34.7. The maximum Gasteiger partial charge on any atom is 0.305 e. The van der Waals surface area contributed by atoms with Crippen molar-refractivity contribution in [2.75, 3.05) is 13.2 Å². The maximum atomic E-state index is 12.5. The molecule has 0 spiro atoms. The van der Waals surface area contributed by atoms with Crippen LogP contribution < -0.4 is 5.32 Å². The van der Waals surface area contributed by atoms with Crippen LogP contribution in [0.4, 0.5) is 0 Å². The molecule has 0 aliphatic carbocycles. The molecule has 0 bridgehead atoms. The Bertz CT molecular complexity index is 1250. The highest BCUT2D eigenvalue weighted by molar-refractivity contribution is 5.76. The third-order valence-electron chi connectivity index (χ3n) is 16.2. The molecule has 6 nitrogen and oxygen atoms in total. The molecule has 0 aromatic heterocycles. The van der Waals surface area contributed by atoms with Crippen molar-refractivity contribution in [3.8, 4) is 0 Å². The molecular formula is C71H135NO5. The number of hydrogen-bond donors (Lipinski definition) is 3. The zero-order chi connectivity index (χ0) is 55.7. The summed E-state index contributed by atoms with van der Waals surface area (Å²) >= 11 is 0. The quantitative estimate of drug-likeness (QED) is 0.0320. The monoisotopic (exact) mass is 1080 g/mol. The number of esters is 1. The highest BCUT2D eigenvalue weighted by atomic mass is 16.5. The van der Waals surface area contributed by atoms with E-state index in [4.69, 9.17) is 4.74 Å². The van der Waals surface area contributed by atoms with Gasteiger partial charge in [0.1, 0.15) is 0 Å². The number of unbranched alkanes of at least 4 members (excludes halogenated alkanes) is 48. The molecule has 77 heavy (non-hydrogen) atoms. The largest absolute Gasteiger partial charge is 0.466 e. The summed E-state index contributed by atoms with van der Waals surface area (Å²) in [7, 11) is 0. The standard InChI is InChI=1S/C71H135NO5/c1-3-5-7-9-11-13-15-16-41-45-49-53-57-61-65-71(76)77-66-62-58-54-50-46-42-39-37-35-33-31-29-27-25-23-21-19-17-18-20-22-24-26-28-30-32-34-36-38-40-44-48-52-56-60-64-70(75)72-68(67-73)69(74)63-59-55-51-47-43-14-12-10-8-6-4-2/h9,11,15-16,19,21,68-69,73-74H,3-8,10,12-14,17-18,20,22-67H2,1-2H3,(H,72,75)/b11-9-,16-15-,21-19-. The second kappa shape index (κ2) is 66.6. The van der Waals surface area contributed by atoms with E-state index in [-0.39, 0.29) is 18.5 Å². The molecule has 0 radical (unpaired) electrons. The predicted molar refractivity (Wildman–Crippen MR) is 338 cm³/mol. The molecule has 0 rings (SSSR count). The molecule has 3 N–H and O–H groups in total. The Kier molecular flexibility index (Phi) is 64.9. The summed E-state index contributed by atoms with van der Waals surface area (Å²) in [5.74, 6) is -0.0253. The molecule has 0 aromatic rings. The molecule has 2 atom stereocenters. The highest BCUT2D eigenvalue weighted by Crippen LogP contribution is 2.18. The van der Waals surface area contributed by atoms with Gasteiger partial charge in [-0.15, -0.1) is 0 Å². The van der Waals surface area contributed by atoms with Crippen LogP contribution in [0, 0.1) is 0 Å². The lowest BCUT2D eigenvalue weighted by Gasteiger charge is -2.22. The first-order valence-corrected chi connectivity index (χ1v) is 34.7. The van der Waals surface area contributed by atoms with Gasteiger partial charge in [-0.1, -0.05) is 326 Å². The van der Waals surface area contributed by atoms with Crippen molar-refractivity contribution >= 4 is 11.9 Å². The number of amides is 1. The first-order chi connectivity index (χ1) is 38.0. The summed E-state index contributed by atoms with van der Waals surface area (Å²) in [5, 5.41) is 23.2. The van der Waals surface area contributed by atoms with Crippen LogP contribution in [0.15, 0.2) is 36.5 Å². The fraction of sp³-hybridized carbons (Fsp3) is 0.887. The second-order valence-corrected chi connectivity index (χ2v) is 23.9. The van der Waals surface area contributed by atoms with Crippen molar-refractivity contribution in [3.63, 3.8) is 0 Å². The zero-order valence-corrected chi connectivity index (χ0v) is 52.0. The smallest absolute Gasteiger partial charge is 0.305 e. The second-order valence-electron chi connectivity index (χ2n) is 23.9. The molecule has 0 fully saturated rings. The molecule has 0 heterocycles.